The molecule has 7 heteroatoms. The van der Waals surface area contributed by atoms with Gasteiger partial charge in [-0.1, -0.05) is 37.3 Å². The monoisotopic (exact) mass is 391 g/mol. The summed E-state index contributed by atoms with van der Waals surface area (Å²) in [6, 6.07) is 9.96. The summed E-state index contributed by atoms with van der Waals surface area (Å²) in [6.45, 7) is 5.48. The summed E-state index contributed by atoms with van der Waals surface area (Å²) in [5, 5.41) is 4.27. The molecular weight excluding hydrogens is 366 g/mol. The molecule has 0 unspecified atom stereocenters. The molecule has 1 atom stereocenters. The molecule has 1 aromatic carbocycles. The lowest BCUT2D eigenvalue weighted by atomic mass is 10.1. The maximum Gasteiger partial charge on any atom is 0.259 e. The van der Waals surface area contributed by atoms with Crippen molar-refractivity contribution in [2.24, 2.45) is 0 Å². The summed E-state index contributed by atoms with van der Waals surface area (Å²) in [5.74, 6) is -0.0335. The number of carbonyl (C=O) groups excluding carboxylic acids is 2. The van der Waals surface area contributed by atoms with Gasteiger partial charge in [-0.15, -0.1) is 0 Å². The number of hydrogen-bond donors (Lipinski definition) is 0. The van der Waals surface area contributed by atoms with E-state index in [0.717, 1.165) is 17.5 Å². The third-order valence-electron chi connectivity index (χ3n) is 5.46. The average molecular weight is 391 g/mol. The molecule has 4 rings (SSSR count). The molecule has 0 spiro atoms. The highest BCUT2D eigenvalue weighted by Gasteiger charge is 2.32. The molecule has 0 N–H and O–H groups in total. The van der Waals surface area contributed by atoms with Crippen LogP contribution in [0.25, 0.3) is 5.65 Å². The minimum Gasteiger partial charge on any atom is -0.336 e. The number of nitrogens with zero attached hydrogens (tertiary/aromatic N) is 5. The number of aromatic nitrogens is 3. The van der Waals surface area contributed by atoms with Crippen molar-refractivity contribution < 1.29 is 9.59 Å². The topological polar surface area (TPSA) is 70.8 Å². The Bertz CT molecular complexity index is 1030. The first-order valence-electron chi connectivity index (χ1n) is 9.99. The molecule has 1 fully saturated rings. The molecule has 29 heavy (non-hydrogen) atoms. The van der Waals surface area contributed by atoms with Gasteiger partial charge in [0, 0.05) is 44.5 Å². The van der Waals surface area contributed by atoms with Crippen LogP contribution in [0.5, 0.6) is 0 Å². The Hall–Kier alpha value is -3.22. The van der Waals surface area contributed by atoms with Crippen LogP contribution in [0, 0.1) is 6.92 Å². The van der Waals surface area contributed by atoms with Crippen LogP contribution in [0.15, 0.2) is 48.9 Å². The van der Waals surface area contributed by atoms with Gasteiger partial charge >= 0.3 is 0 Å². The Labute approximate surface area is 170 Å². The highest BCUT2D eigenvalue weighted by atomic mass is 16.2. The first-order chi connectivity index (χ1) is 14.1. The highest BCUT2D eigenvalue weighted by Crippen LogP contribution is 2.20. The minimum absolute atomic E-state index is 0.0220. The van der Waals surface area contributed by atoms with E-state index in [1.54, 1.807) is 21.8 Å². The van der Waals surface area contributed by atoms with Crippen LogP contribution in [-0.4, -0.2) is 55.3 Å². The van der Waals surface area contributed by atoms with Gasteiger partial charge in [0.05, 0.1) is 6.20 Å². The van der Waals surface area contributed by atoms with Crippen LogP contribution < -0.4 is 0 Å². The molecule has 1 saturated heterocycles. The molecule has 2 amide bonds. The smallest absolute Gasteiger partial charge is 0.259 e. The Kier molecular flexibility index (Phi) is 5.29. The third-order valence-corrected chi connectivity index (χ3v) is 5.46. The highest BCUT2D eigenvalue weighted by molar-refractivity contribution is 6.00. The van der Waals surface area contributed by atoms with E-state index >= 15 is 0 Å². The second-order valence-corrected chi connectivity index (χ2v) is 7.53. The maximum atomic E-state index is 13.2. The molecular formula is C22H25N5O2. The van der Waals surface area contributed by atoms with E-state index in [-0.39, 0.29) is 17.9 Å². The van der Waals surface area contributed by atoms with Crippen LogP contribution >= 0.6 is 0 Å². The Morgan fingerprint density at radius 3 is 2.76 bits per heavy atom. The molecule has 0 aliphatic carbocycles. The van der Waals surface area contributed by atoms with Gasteiger partial charge in [0.2, 0.25) is 5.91 Å². The molecule has 1 aliphatic heterocycles. The van der Waals surface area contributed by atoms with E-state index < -0.39 is 0 Å². The molecule has 0 radical (unpaired) electrons. The lowest BCUT2D eigenvalue weighted by Gasteiger charge is -2.31. The summed E-state index contributed by atoms with van der Waals surface area (Å²) >= 11 is 0. The molecule has 1 aliphatic rings. The van der Waals surface area contributed by atoms with Crippen molar-refractivity contribution >= 4 is 17.5 Å². The van der Waals surface area contributed by atoms with Crippen molar-refractivity contribution in [3.63, 3.8) is 0 Å². The van der Waals surface area contributed by atoms with E-state index in [9.17, 15) is 9.59 Å². The quantitative estimate of drug-likeness (QED) is 0.686. The fraction of sp³-hybridized carbons (Fsp3) is 0.364. The standard InChI is InChI=1S/C22H25N5O2/c1-3-18-15-25(10-9-20(28)26(18)14-17-7-5-4-6-8-17)22(29)19-12-24-27-13-16(2)11-23-21(19)27/h4-8,11-13,18H,3,9-10,14-15H2,1-2H3/t18-/m0/s1. The molecule has 0 saturated carbocycles. The van der Waals surface area contributed by atoms with Crippen LogP contribution in [0.2, 0.25) is 0 Å². The normalized spacial score (nSPS) is 17.6. The van der Waals surface area contributed by atoms with Crippen LogP contribution in [0.3, 0.4) is 0 Å². The number of benzene rings is 1. The maximum absolute atomic E-state index is 13.2. The number of fused-ring (bicyclic) bond motifs is 1. The van der Waals surface area contributed by atoms with Gasteiger partial charge in [-0.2, -0.15) is 5.10 Å². The van der Waals surface area contributed by atoms with Gasteiger partial charge in [0.15, 0.2) is 5.65 Å². The summed E-state index contributed by atoms with van der Waals surface area (Å²) in [6.07, 6.45) is 6.26. The first kappa shape index (κ1) is 19.1. The van der Waals surface area contributed by atoms with Gasteiger partial charge in [0.25, 0.3) is 5.91 Å². The molecule has 3 heterocycles. The fourth-order valence-electron chi connectivity index (χ4n) is 3.84. The van der Waals surface area contributed by atoms with Crippen molar-refractivity contribution in [2.75, 3.05) is 13.1 Å². The lowest BCUT2D eigenvalue weighted by Crippen LogP contribution is -2.43. The minimum atomic E-state index is -0.121. The van der Waals surface area contributed by atoms with Crippen molar-refractivity contribution in [3.05, 3.63) is 65.6 Å². The predicted molar refractivity (Wildman–Crippen MR) is 109 cm³/mol. The molecule has 3 aromatic rings. The van der Waals surface area contributed by atoms with E-state index in [4.69, 9.17) is 0 Å². The summed E-state index contributed by atoms with van der Waals surface area (Å²) in [7, 11) is 0. The zero-order valence-electron chi connectivity index (χ0n) is 16.8. The van der Waals surface area contributed by atoms with Crippen LogP contribution in [-0.2, 0) is 11.3 Å². The van der Waals surface area contributed by atoms with E-state index in [1.807, 2.05) is 48.4 Å². The number of aryl methyl sites for hydroxylation is 1. The van der Waals surface area contributed by atoms with Crippen molar-refractivity contribution in [1.29, 1.82) is 0 Å². The SMILES string of the molecule is CC[C@H]1CN(C(=O)c2cnn3cc(C)cnc23)CCC(=O)N1Cc1ccccc1. The molecule has 7 nitrogen and oxygen atoms in total. The predicted octanol–water partition coefficient (Wildman–Crippen LogP) is 2.69. The van der Waals surface area contributed by atoms with Crippen LogP contribution in [0.4, 0.5) is 0 Å². The fourth-order valence-corrected chi connectivity index (χ4v) is 3.84. The van der Waals surface area contributed by atoms with Gasteiger partial charge < -0.3 is 9.80 Å². The number of rotatable bonds is 4. The summed E-state index contributed by atoms with van der Waals surface area (Å²) < 4.78 is 1.63. The summed E-state index contributed by atoms with van der Waals surface area (Å²) in [5.41, 5.74) is 3.10. The van der Waals surface area contributed by atoms with E-state index in [0.29, 0.717) is 37.3 Å². The Morgan fingerprint density at radius 2 is 2.00 bits per heavy atom. The van der Waals surface area contributed by atoms with Crippen molar-refractivity contribution in [2.45, 2.75) is 39.3 Å². The Balaban J connectivity index is 1.57. The van der Waals surface area contributed by atoms with Gasteiger partial charge in [-0.05, 0) is 24.5 Å². The largest absolute Gasteiger partial charge is 0.336 e. The van der Waals surface area contributed by atoms with Gasteiger partial charge in [-0.3, -0.25) is 9.59 Å². The van der Waals surface area contributed by atoms with Crippen LogP contribution in [0.1, 0.15) is 41.3 Å². The second-order valence-electron chi connectivity index (χ2n) is 7.53. The zero-order valence-corrected chi connectivity index (χ0v) is 16.8. The number of amides is 2. The van der Waals surface area contributed by atoms with E-state index in [2.05, 4.69) is 17.0 Å². The number of carbonyl (C=O) groups is 2. The first-order valence-corrected chi connectivity index (χ1v) is 9.99. The Morgan fingerprint density at radius 1 is 1.21 bits per heavy atom. The second kappa shape index (κ2) is 8.03. The zero-order chi connectivity index (χ0) is 20.4. The lowest BCUT2D eigenvalue weighted by molar-refractivity contribution is -0.133. The third kappa shape index (κ3) is 3.85. The molecule has 150 valence electrons. The van der Waals surface area contributed by atoms with E-state index in [1.165, 1.54) is 0 Å². The average Bonchev–Trinajstić information content (AvgIpc) is 3.08. The number of hydrogen-bond acceptors (Lipinski definition) is 4. The molecule has 0 bridgehead atoms. The molecule has 2 aromatic heterocycles. The van der Waals surface area contributed by atoms with Crippen molar-refractivity contribution in [1.82, 2.24) is 24.4 Å². The summed E-state index contributed by atoms with van der Waals surface area (Å²) in [4.78, 5) is 34.2. The van der Waals surface area contributed by atoms with Crippen molar-refractivity contribution in [3.8, 4) is 0 Å². The van der Waals surface area contributed by atoms with Gasteiger partial charge in [0.1, 0.15) is 5.56 Å². The van der Waals surface area contributed by atoms with Gasteiger partial charge in [-0.25, -0.2) is 9.50 Å².